The van der Waals surface area contributed by atoms with Crippen molar-refractivity contribution in [3.05, 3.63) is 35.9 Å². The number of pyridine rings is 1. The Hall–Kier alpha value is -2.14. The van der Waals surface area contributed by atoms with E-state index in [2.05, 4.69) is 15.6 Å². The van der Waals surface area contributed by atoms with E-state index in [1.165, 1.54) is 6.42 Å². The number of anilines is 1. The number of nitrogens with one attached hydrogen (secondary N) is 2. The van der Waals surface area contributed by atoms with Crippen LogP contribution in [0.25, 0.3) is 10.9 Å². The Bertz CT molecular complexity index is 635. The molecule has 0 radical (unpaired) electrons. The minimum absolute atomic E-state index is 0.422. The minimum Gasteiger partial charge on any atom is -0.370 e. The highest BCUT2D eigenvalue weighted by Gasteiger charge is 2.15. The standard InChI is InChI=1S/C15H18N4O/c16-15(20)12-7-14(18-9-10-5-6-17-8-10)19-13-4-2-1-3-11(12)13/h1-4,7,10,17H,5-6,8-9H2,(H2,16,20)(H,18,19). The van der Waals surface area contributed by atoms with Gasteiger partial charge >= 0.3 is 0 Å². The Morgan fingerprint density at radius 3 is 3.05 bits per heavy atom. The molecule has 1 aromatic carbocycles. The van der Waals surface area contributed by atoms with Gasteiger partial charge in [0.05, 0.1) is 11.1 Å². The number of hydrogen-bond acceptors (Lipinski definition) is 4. The first-order valence-corrected chi connectivity index (χ1v) is 6.88. The van der Waals surface area contributed by atoms with E-state index in [0.717, 1.165) is 30.5 Å². The largest absolute Gasteiger partial charge is 0.370 e. The molecule has 20 heavy (non-hydrogen) atoms. The number of hydrogen-bond donors (Lipinski definition) is 3. The van der Waals surface area contributed by atoms with E-state index in [9.17, 15) is 4.79 Å². The Labute approximate surface area is 117 Å². The molecule has 1 aliphatic rings. The predicted molar refractivity (Wildman–Crippen MR) is 79.7 cm³/mol. The molecule has 0 bridgehead atoms. The van der Waals surface area contributed by atoms with Gasteiger partial charge in [0, 0.05) is 11.9 Å². The Kier molecular flexibility index (Phi) is 3.52. The van der Waals surface area contributed by atoms with Crippen LogP contribution in [-0.2, 0) is 0 Å². The Morgan fingerprint density at radius 1 is 1.45 bits per heavy atom. The summed E-state index contributed by atoms with van der Waals surface area (Å²) in [5.74, 6) is 0.902. The third-order valence-electron chi connectivity index (χ3n) is 3.72. The zero-order valence-electron chi connectivity index (χ0n) is 11.2. The van der Waals surface area contributed by atoms with Crippen LogP contribution in [0.4, 0.5) is 5.82 Å². The lowest BCUT2D eigenvalue weighted by Crippen LogP contribution is -2.18. The summed E-state index contributed by atoms with van der Waals surface area (Å²) in [7, 11) is 0. The quantitative estimate of drug-likeness (QED) is 0.783. The molecule has 104 valence electrons. The summed E-state index contributed by atoms with van der Waals surface area (Å²) in [6, 6.07) is 9.29. The van der Waals surface area contributed by atoms with Gasteiger partial charge in [0.25, 0.3) is 0 Å². The van der Waals surface area contributed by atoms with E-state index in [-0.39, 0.29) is 0 Å². The molecule has 3 rings (SSSR count). The van der Waals surface area contributed by atoms with Crippen molar-refractivity contribution in [2.75, 3.05) is 25.0 Å². The van der Waals surface area contributed by atoms with E-state index in [0.29, 0.717) is 17.3 Å². The van der Waals surface area contributed by atoms with Crippen molar-refractivity contribution in [1.29, 1.82) is 0 Å². The lowest BCUT2D eigenvalue weighted by atomic mass is 10.1. The number of fused-ring (bicyclic) bond motifs is 1. The molecule has 1 amide bonds. The topological polar surface area (TPSA) is 80.0 Å². The van der Waals surface area contributed by atoms with Gasteiger partial charge in [0.15, 0.2) is 0 Å². The molecule has 1 atom stereocenters. The molecule has 2 aromatic rings. The number of benzene rings is 1. The monoisotopic (exact) mass is 270 g/mol. The van der Waals surface area contributed by atoms with Crippen LogP contribution in [0.15, 0.2) is 30.3 Å². The Balaban J connectivity index is 1.88. The van der Waals surface area contributed by atoms with Gasteiger partial charge in [-0.1, -0.05) is 18.2 Å². The smallest absolute Gasteiger partial charge is 0.249 e. The minimum atomic E-state index is -0.422. The molecule has 1 fully saturated rings. The van der Waals surface area contributed by atoms with Crippen molar-refractivity contribution in [3.63, 3.8) is 0 Å². The number of aromatic nitrogens is 1. The summed E-state index contributed by atoms with van der Waals surface area (Å²) < 4.78 is 0. The van der Waals surface area contributed by atoms with Crippen molar-refractivity contribution < 1.29 is 4.79 Å². The molecular weight excluding hydrogens is 252 g/mol. The fourth-order valence-electron chi connectivity index (χ4n) is 2.61. The molecule has 5 nitrogen and oxygen atoms in total. The number of carbonyl (C=O) groups excluding carboxylic acids is 1. The number of primary amides is 1. The normalized spacial score (nSPS) is 18.3. The maximum atomic E-state index is 11.6. The molecule has 1 saturated heterocycles. The van der Waals surface area contributed by atoms with Crippen molar-refractivity contribution in [2.24, 2.45) is 11.7 Å². The van der Waals surface area contributed by atoms with Gasteiger partial charge in [-0.25, -0.2) is 4.98 Å². The van der Waals surface area contributed by atoms with Gasteiger partial charge in [0.1, 0.15) is 5.82 Å². The highest BCUT2D eigenvalue weighted by Crippen LogP contribution is 2.21. The molecular formula is C15H18N4O. The molecule has 0 saturated carbocycles. The van der Waals surface area contributed by atoms with Gasteiger partial charge < -0.3 is 16.4 Å². The van der Waals surface area contributed by atoms with Gasteiger partial charge in [0.2, 0.25) is 5.91 Å². The first-order chi connectivity index (χ1) is 9.74. The maximum Gasteiger partial charge on any atom is 0.249 e. The fraction of sp³-hybridized carbons (Fsp3) is 0.333. The molecule has 0 spiro atoms. The zero-order chi connectivity index (χ0) is 13.9. The van der Waals surface area contributed by atoms with E-state index in [1.807, 2.05) is 24.3 Å². The fourth-order valence-corrected chi connectivity index (χ4v) is 2.61. The summed E-state index contributed by atoms with van der Waals surface area (Å²) >= 11 is 0. The SMILES string of the molecule is NC(=O)c1cc(NCC2CCNC2)nc2ccccc12. The van der Waals surface area contributed by atoms with Crippen molar-refractivity contribution in [2.45, 2.75) is 6.42 Å². The van der Waals surface area contributed by atoms with Gasteiger partial charge in [-0.2, -0.15) is 0 Å². The summed E-state index contributed by atoms with van der Waals surface area (Å²) in [6.45, 7) is 2.96. The maximum absolute atomic E-state index is 11.6. The van der Waals surface area contributed by atoms with Gasteiger partial charge in [-0.3, -0.25) is 4.79 Å². The second kappa shape index (κ2) is 5.46. The van der Waals surface area contributed by atoms with Crippen LogP contribution >= 0.6 is 0 Å². The third-order valence-corrected chi connectivity index (χ3v) is 3.72. The van der Waals surface area contributed by atoms with Gasteiger partial charge in [-0.15, -0.1) is 0 Å². The van der Waals surface area contributed by atoms with E-state index in [1.54, 1.807) is 6.07 Å². The van der Waals surface area contributed by atoms with E-state index in [4.69, 9.17) is 5.73 Å². The van der Waals surface area contributed by atoms with Crippen molar-refractivity contribution >= 4 is 22.6 Å². The lowest BCUT2D eigenvalue weighted by molar-refractivity contribution is 0.100. The van der Waals surface area contributed by atoms with E-state index < -0.39 is 5.91 Å². The Morgan fingerprint density at radius 2 is 2.30 bits per heavy atom. The van der Waals surface area contributed by atoms with Crippen LogP contribution in [0.3, 0.4) is 0 Å². The molecule has 5 heteroatoms. The molecule has 2 heterocycles. The van der Waals surface area contributed by atoms with Crippen LogP contribution in [0.5, 0.6) is 0 Å². The number of para-hydroxylation sites is 1. The average Bonchev–Trinajstić information content (AvgIpc) is 2.97. The van der Waals surface area contributed by atoms with Gasteiger partial charge in [-0.05, 0) is 37.6 Å². The summed E-state index contributed by atoms with van der Waals surface area (Å²) in [5, 5.41) is 7.45. The summed E-state index contributed by atoms with van der Waals surface area (Å²) in [6.07, 6.45) is 1.17. The van der Waals surface area contributed by atoms with Crippen LogP contribution < -0.4 is 16.4 Å². The van der Waals surface area contributed by atoms with Crippen LogP contribution in [-0.4, -0.2) is 30.5 Å². The first kappa shape index (κ1) is 12.9. The number of nitrogens with two attached hydrogens (primary N) is 1. The molecule has 1 aliphatic heterocycles. The summed E-state index contributed by atoms with van der Waals surface area (Å²) in [4.78, 5) is 16.1. The zero-order valence-corrected chi connectivity index (χ0v) is 11.2. The second-order valence-electron chi connectivity index (χ2n) is 5.18. The molecule has 1 unspecified atom stereocenters. The number of carbonyl (C=O) groups is 1. The third kappa shape index (κ3) is 2.58. The number of nitrogens with zero attached hydrogens (tertiary/aromatic N) is 1. The molecule has 1 aromatic heterocycles. The predicted octanol–water partition coefficient (Wildman–Crippen LogP) is 1.36. The average molecular weight is 270 g/mol. The second-order valence-corrected chi connectivity index (χ2v) is 5.18. The lowest BCUT2D eigenvalue weighted by Gasteiger charge is -2.12. The highest BCUT2D eigenvalue weighted by atomic mass is 16.1. The van der Waals surface area contributed by atoms with Crippen LogP contribution in [0.1, 0.15) is 16.8 Å². The van der Waals surface area contributed by atoms with Crippen LogP contribution in [0, 0.1) is 5.92 Å². The molecule has 0 aliphatic carbocycles. The molecule has 4 N–H and O–H groups in total. The van der Waals surface area contributed by atoms with Crippen molar-refractivity contribution in [1.82, 2.24) is 10.3 Å². The number of amides is 1. The first-order valence-electron chi connectivity index (χ1n) is 6.88. The van der Waals surface area contributed by atoms with Crippen LogP contribution in [0.2, 0.25) is 0 Å². The summed E-state index contributed by atoms with van der Waals surface area (Å²) in [5.41, 5.74) is 6.77. The number of rotatable bonds is 4. The van der Waals surface area contributed by atoms with E-state index >= 15 is 0 Å². The van der Waals surface area contributed by atoms with Crippen molar-refractivity contribution in [3.8, 4) is 0 Å². The highest BCUT2D eigenvalue weighted by molar-refractivity contribution is 6.06.